The highest BCUT2D eigenvalue weighted by molar-refractivity contribution is 7.89. The minimum Gasteiger partial charge on any atom is -0.403 e. The topological polar surface area (TPSA) is 82.3 Å². The van der Waals surface area contributed by atoms with E-state index < -0.39 is 18.3 Å². The Morgan fingerprint density at radius 1 is 1.25 bits per heavy atom. The molecule has 2 rings (SSSR count). The Hall–Kier alpha value is -1.06. The zero-order chi connectivity index (χ0) is 17.8. The Balaban J connectivity index is 2.46. The Kier molecular flexibility index (Phi) is 6.32. The molecule has 2 heterocycles. The molecule has 0 aliphatic rings. The molecular formula is C16H24N2O3S2Si. The van der Waals surface area contributed by atoms with E-state index in [0.717, 1.165) is 28.7 Å². The number of aromatic nitrogens is 1. The first-order chi connectivity index (χ1) is 11.3. The molecule has 0 fully saturated rings. The zero-order valence-electron chi connectivity index (χ0n) is 14.2. The molecule has 2 aromatic heterocycles. The molecule has 0 amide bonds. The molecule has 24 heavy (non-hydrogen) atoms. The molecule has 0 aliphatic carbocycles. The Bertz CT molecular complexity index is 750. The van der Waals surface area contributed by atoms with Crippen molar-refractivity contribution in [2.75, 3.05) is 0 Å². The van der Waals surface area contributed by atoms with Gasteiger partial charge in [-0.2, -0.15) is 0 Å². The predicted octanol–water partition coefficient (Wildman–Crippen LogP) is 3.90. The van der Waals surface area contributed by atoms with Crippen LogP contribution in [0.15, 0.2) is 40.7 Å². The molecule has 132 valence electrons. The largest absolute Gasteiger partial charge is 0.403 e. The number of thiophene rings is 1. The number of rotatable bonds is 8. The highest BCUT2D eigenvalue weighted by Gasteiger charge is 2.34. The fraction of sp³-hybridized carbons (Fsp3) is 0.438. The van der Waals surface area contributed by atoms with Gasteiger partial charge in [-0.15, -0.1) is 11.3 Å². The van der Waals surface area contributed by atoms with Crippen molar-refractivity contribution in [3.05, 3.63) is 46.4 Å². The third-order valence-corrected chi connectivity index (χ3v) is 11.1. The maximum absolute atomic E-state index is 11.6. The van der Waals surface area contributed by atoms with Crippen molar-refractivity contribution in [3.63, 3.8) is 0 Å². The average molecular weight is 385 g/mol. The van der Waals surface area contributed by atoms with E-state index in [-0.39, 0.29) is 11.0 Å². The number of primary sulfonamides is 1. The fourth-order valence-electron chi connectivity index (χ4n) is 2.67. The monoisotopic (exact) mass is 384 g/mol. The maximum Gasteiger partial charge on any atom is 0.238 e. The van der Waals surface area contributed by atoms with Crippen LogP contribution in [0, 0.1) is 0 Å². The summed E-state index contributed by atoms with van der Waals surface area (Å²) in [5.74, 6) is 0. The van der Waals surface area contributed by atoms with E-state index in [1.807, 2.05) is 18.2 Å². The highest BCUT2D eigenvalue weighted by Crippen LogP contribution is 2.36. The van der Waals surface area contributed by atoms with Gasteiger partial charge in [0, 0.05) is 16.5 Å². The predicted molar refractivity (Wildman–Crippen MR) is 100 cm³/mol. The number of nitrogens with zero attached hydrogens (tertiary/aromatic N) is 1. The summed E-state index contributed by atoms with van der Waals surface area (Å²) in [5.41, 5.74) is 0.799. The van der Waals surface area contributed by atoms with Crippen LogP contribution in [0.25, 0.3) is 0 Å². The third-order valence-electron chi connectivity index (χ3n) is 4.44. The number of hydrogen-bond donors (Lipinski definition) is 1. The van der Waals surface area contributed by atoms with E-state index in [1.165, 1.54) is 11.3 Å². The minimum atomic E-state index is -3.71. The van der Waals surface area contributed by atoms with Crippen LogP contribution < -0.4 is 5.14 Å². The van der Waals surface area contributed by atoms with E-state index in [9.17, 15) is 8.42 Å². The molecule has 5 nitrogen and oxygen atoms in total. The van der Waals surface area contributed by atoms with Crippen molar-refractivity contribution in [1.82, 2.24) is 4.98 Å². The fourth-order valence-corrected chi connectivity index (χ4v) is 7.35. The Morgan fingerprint density at radius 2 is 1.92 bits per heavy atom. The van der Waals surface area contributed by atoms with E-state index in [2.05, 4.69) is 25.8 Å². The molecule has 1 atom stereocenters. The molecule has 0 spiro atoms. The van der Waals surface area contributed by atoms with Gasteiger partial charge in [-0.05, 0) is 36.3 Å². The van der Waals surface area contributed by atoms with Crippen molar-refractivity contribution in [2.45, 2.75) is 49.9 Å². The molecule has 0 aliphatic heterocycles. The van der Waals surface area contributed by atoms with Gasteiger partial charge in [-0.1, -0.05) is 26.8 Å². The molecule has 1 unspecified atom stereocenters. The van der Waals surface area contributed by atoms with Gasteiger partial charge in [0.25, 0.3) is 0 Å². The van der Waals surface area contributed by atoms with Gasteiger partial charge in [0.2, 0.25) is 10.0 Å². The lowest BCUT2D eigenvalue weighted by Crippen LogP contribution is -2.37. The van der Waals surface area contributed by atoms with E-state index >= 15 is 0 Å². The summed E-state index contributed by atoms with van der Waals surface area (Å²) >= 11 is 1.35. The summed E-state index contributed by atoms with van der Waals surface area (Å²) in [7, 11) is -5.61. The lowest BCUT2D eigenvalue weighted by atomic mass is 10.2. The molecular weight excluding hydrogens is 360 g/mol. The second kappa shape index (κ2) is 7.88. The number of hydrogen-bond acceptors (Lipinski definition) is 5. The molecule has 0 bridgehead atoms. The van der Waals surface area contributed by atoms with Crippen molar-refractivity contribution in [2.24, 2.45) is 5.14 Å². The first-order valence-electron chi connectivity index (χ1n) is 8.05. The molecule has 0 saturated heterocycles. The van der Waals surface area contributed by atoms with Gasteiger partial charge in [-0.3, -0.25) is 4.98 Å². The van der Waals surface area contributed by atoms with Crippen molar-refractivity contribution in [1.29, 1.82) is 0 Å². The van der Waals surface area contributed by atoms with Gasteiger partial charge in [0.15, 0.2) is 8.32 Å². The first-order valence-corrected chi connectivity index (χ1v) is 13.0. The van der Waals surface area contributed by atoms with Crippen LogP contribution >= 0.6 is 11.3 Å². The third kappa shape index (κ3) is 4.31. The quantitative estimate of drug-likeness (QED) is 0.700. The molecule has 2 N–H and O–H groups in total. The molecule has 8 heteroatoms. The Labute approximate surface area is 149 Å². The lowest BCUT2D eigenvalue weighted by molar-refractivity contribution is 0.229. The first kappa shape index (κ1) is 19.3. The summed E-state index contributed by atoms with van der Waals surface area (Å²) in [6, 6.07) is 10.3. The van der Waals surface area contributed by atoms with Crippen LogP contribution in [-0.2, 0) is 14.4 Å². The number of nitrogens with two attached hydrogens (primary N) is 1. The summed E-state index contributed by atoms with van der Waals surface area (Å²) in [5, 5.41) is 6.81. The summed E-state index contributed by atoms with van der Waals surface area (Å²) in [6.45, 7) is 6.50. The summed E-state index contributed by atoms with van der Waals surface area (Å²) in [6.07, 6.45) is 1.38. The number of pyridine rings is 1. The van der Waals surface area contributed by atoms with E-state index in [4.69, 9.17) is 9.56 Å². The molecule has 0 saturated carbocycles. The summed E-state index contributed by atoms with van der Waals surface area (Å²) < 4.78 is 29.8. The number of sulfonamides is 1. The van der Waals surface area contributed by atoms with Gasteiger partial charge in [0.05, 0.1) is 10.6 Å². The SMILES string of the molecule is CC[Si](CC)(CC)OC(c1ccccn1)c1cc(S(N)(=O)=O)cs1. The van der Waals surface area contributed by atoms with Crippen LogP contribution in [0.4, 0.5) is 0 Å². The molecule has 2 aromatic rings. The van der Waals surface area contributed by atoms with Crippen molar-refractivity contribution < 1.29 is 12.8 Å². The van der Waals surface area contributed by atoms with Gasteiger partial charge in [-0.25, -0.2) is 13.6 Å². The Morgan fingerprint density at radius 3 is 2.38 bits per heavy atom. The minimum absolute atomic E-state index is 0.129. The van der Waals surface area contributed by atoms with Crippen LogP contribution in [0.5, 0.6) is 0 Å². The lowest BCUT2D eigenvalue weighted by Gasteiger charge is -2.32. The van der Waals surface area contributed by atoms with Crippen LogP contribution in [-0.4, -0.2) is 21.7 Å². The standard InChI is InChI=1S/C16H24N2O3S2Si/c1-4-24(5-2,6-3)21-16(14-9-7-8-10-18-14)15-11-13(12-22-15)23(17,19)20/h7-12,16H,4-6H2,1-3H3,(H2,17,19,20). The van der Waals surface area contributed by atoms with Gasteiger partial charge in [0.1, 0.15) is 6.10 Å². The zero-order valence-corrected chi connectivity index (χ0v) is 16.9. The van der Waals surface area contributed by atoms with Crippen molar-refractivity contribution >= 4 is 29.7 Å². The van der Waals surface area contributed by atoms with E-state index in [0.29, 0.717) is 0 Å². The maximum atomic E-state index is 11.6. The second-order valence-corrected chi connectivity index (χ2v) is 13.0. The summed E-state index contributed by atoms with van der Waals surface area (Å²) in [4.78, 5) is 5.39. The van der Waals surface area contributed by atoms with Gasteiger partial charge < -0.3 is 4.43 Å². The smallest absolute Gasteiger partial charge is 0.238 e. The van der Waals surface area contributed by atoms with Crippen LogP contribution in [0.3, 0.4) is 0 Å². The second-order valence-electron chi connectivity index (χ2n) is 5.73. The van der Waals surface area contributed by atoms with Crippen LogP contribution in [0.2, 0.25) is 18.1 Å². The van der Waals surface area contributed by atoms with Gasteiger partial charge >= 0.3 is 0 Å². The highest BCUT2D eigenvalue weighted by atomic mass is 32.2. The molecule has 0 radical (unpaired) electrons. The normalized spacial score (nSPS) is 13.8. The van der Waals surface area contributed by atoms with Crippen molar-refractivity contribution in [3.8, 4) is 0 Å². The molecule has 0 aromatic carbocycles. The average Bonchev–Trinajstić information content (AvgIpc) is 3.08. The van der Waals surface area contributed by atoms with Crippen LogP contribution in [0.1, 0.15) is 37.4 Å². The van der Waals surface area contributed by atoms with E-state index in [1.54, 1.807) is 17.6 Å².